The van der Waals surface area contributed by atoms with Crippen molar-refractivity contribution < 1.29 is 4.43 Å². The normalized spacial score (nSPS) is 13.8. The van der Waals surface area contributed by atoms with Gasteiger partial charge in [-0.1, -0.05) is 59.2 Å². The molecule has 0 aromatic carbocycles. The van der Waals surface area contributed by atoms with E-state index in [0.717, 1.165) is 5.56 Å². The van der Waals surface area contributed by atoms with E-state index in [1.165, 1.54) is 0 Å². The summed E-state index contributed by atoms with van der Waals surface area (Å²) in [7, 11) is -1.93. The van der Waals surface area contributed by atoms with Crippen LogP contribution in [0.5, 0.6) is 0 Å². The number of halogens is 1. The molecule has 25 heavy (non-hydrogen) atoms. The van der Waals surface area contributed by atoms with E-state index in [-0.39, 0.29) is 6.04 Å². The Morgan fingerprint density at radius 3 is 2.16 bits per heavy atom. The molecule has 2 heterocycles. The molecule has 6 heteroatoms. The van der Waals surface area contributed by atoms with Crippen LogP contribution in [0.3, 0.4) is 0 Å². The summed E-state index contributed by atoms with van der Waals surface area (Å²) in [6.07, 6.45) is 5.60. The molecule has 1 unspecified atom stereocenters. The van der Waals surface area contributed by atoms with Crippen molar-refractivity contribution in [3.63, 3.8) is 0 Å². The molecule has 2 rings (SSSR count). The van der Waals surface area contributed by atoms with Crippen molar-refractivity contribution in [2.24, 2.45) is 0 Å². The van der Waals surface area contributed by atoms with Crippen LogP contribution in [0.1, 0.15) is 53.1 Å². The minimum atomic E-state index is -1.93. The van der Waals surface area contributed by atoms with Gasteiger partial charge >= 0.3 is 0 Å². The minimum Gasteiger partial charge on any atom is -0.413 e. The molecule has 2 aromatic rings. The van der Waals surface area contributed by atoms with Crippen LogP contribution in [0, 0.1) is 0 Å². The quantitative estimate of drug-likeness (QED) is 0.435. The third-order valence-electron chi connectivity index (χ3n) is 5.18. The third-order valence-corrected chi connectivity index (χ3v) is 11.5. The first kappa shape index (κ1) is 20.1. The molecule has 0 radical (unpaired) electrons. The maximum Gasteiger partial charge on any atom is 0.200 e. The molecule has 4 nitrogen and oxygen atoms in total. The highest BCUT2D eigenvalue weighted by atomic mass is 35.5. The molecule has 2 aromatic heterocycles. The summed E-state index contributed by atoms with van der Waals surface area (Å²) in [5.41, 5.74) is 2.71. The van der Waals surface area contributed by atoms with Crippen molar-refractivity contribution in [1.82, 2.24) is 14.8 Å². The topological polar surface area (TPSA) is 39.9 Å². The van der Waals surface area contributed by atoms with Gasteiger partial charge < -0.3 is 4.43 Å². The van der Waals surface area contributed by atoms with Gasteiger partial charge in [0.1, 0.15) is 11.2 Å². The second-order valence-electron chi connectivity index (χ2n) is 7.54. The van der Waals surface area contributed by atoms with Crippen molar-refractivity contribution >= 4 is 19.9 Å². The van der Waals surface area contributed by atoms with E-state index < -0.39 is 8.32 Å². The number of pyridine rings is 1. The summed E-state index contributed by atoms with van der Waals surface area (Å²) in [4.78, 5) is 4.24. The summed E-state index contributed by atoms with van der Waals surface area (Å²) in [5.74, 6) is 0. The van der Waals surface area contributed by atoms with Crippen molar-refractivity contribution in [3.8, 4) is 0 Å². The first-order chi connectivity index (χ1) is 11.8. The largest absolute Gasteiger partial charge is 0.413 e. The van der Waals surface area contributed by atoms with E-state index in [1.54, 1.807) is 6.20 Å². The van der Waals surface area contributed by atoms with Gasteiger partial charge in [-0.25, -0.2) is 4.98 Å². The molecule has 0 saturated carbocycles. The molecule has 0 spiro atoms. The second kappa shape index (κ2) is 8.47. The van der Waals surface area contributed by atoms with Gasteiger partial charge in [-0.05, 0) is 34.3 Å². The lowest BCUT2D eigenvalue weighted by Crippen LogP contribution is -2.48. The van der Waals surface area contributed by atoms with Gasteiger partial charge in [0.15, 0.2) is 8.32 Å². The number of aromatic nitrogens is 3. The first-order valence-electron chi connectivity index (χ1n) is 9.03. The van der Waals surface area contributed by atoms with E-state index in [9.17, 15) is 0 Å². The zero-order valence-corrected chi connectivity index (χ0v) is 17.9. The Kier molecular flexibility index (Phi) is 6.83. The Morgan fingerprint density at radius 2 is 1.72 bits per heavy atom. The van der Waals surface area contributed by atoms with Crippen molar-refractivity contribution in [2.75, 3.05) is 6.61 Å². The fourth-order valence-corrected chi connectivity index (χ4v) is 9.66. The van der Waals surface area contributed by atoms with Gasteiger partial charge in [-0.2, -0.15) is 5.10 Å². The van der Waals surface area contributed by atoms with Crippen LogP contribution in [0.4, 0.5) is 0 Å². The van der Waals surface area contributed by atoms with E-state index in [1.807, 2.05) is 35.3 Å². The lowest BCUT2D eigenvalue weighted by atomic mass is 10.1. The molecular weight excluding hydrogens is 350 g/mol. The standard InChI is InChI=1S/C19H30ClN3OSi/c1-14(2)25(15(3)4,16(5)6)24-13-18(23-11-7-10-22-23)17-8-9-19(20)21-12-17/h7-12,14-16,18H,13H2,1-6H3. The second-order valence-corrected chi connectivity index (χ2v) is 13.4. The molecule has 0 bridgehead atoms. The van der Waals surface area contributed by atoms with Gasteiger partial charge in [0.2, 0.25) is 0 Å². The predicted molar refractivity (Wildman–Crippen MR) is 107 cm³/mol. The van der Waals surface area contributed by atoms with Crippen LogP contribution >= 0.6 is 11.6 Å². The Labute approximate surface area is 157 Å². The summed E-state index contributed by atoms with van der Waals surface area (Å²) < 4.78 is 8.75. The number of nitrogens with zero attached hydrogens (tertiary/aromatic N) is 3. The maximum absolute atomic E-state index is 6.80. The zero-order valence-electron chi connectivity index (χ0n) is 16.1. The van der Waals surface area contributed by atoms with E-state index in [4.69, 9.17) is 16.0 Å². The van der Waals surface area contributed by atoms with Gasteiger partial charge in [0.25, 0.3) is 0 Å². The van der Waals surface area contributed by atoms with Gasteiger partial charge in [-0.3, -0.25) is 4.68 Å². The summed E-state index contributed by atoms with van der Waals surface area (Å²) >= 11 is 5.96. The molecule has 0 N–H and O–H groups in total. The maximum atomic E-state index is 6.80. The van der Waals surface area contributed by atoms with Gasteiger partial charge in [0, 0.05) is 18.6 Å². The molecule has 0 saturated heterocycles. The van der Waals surface area contributed by atoms with Gasteiger partial charge in [-0.15, -0.1) is 0 Å². The van der Waals surface area contributed by atoms with Crippen molar-refractivity contribution in [1.29, 1.82) is 0 Å². The Bertz CT molecular complexity index is 619. The molecule has 0 fully saturated rings. The lowest BCUT2D eigenvalue weighted by Gasteiger charge is -2.43. The van der Waals surface area contributed by atoms with Crippen LogP contribution in [-0.2, 0) is 4.43 Å². The molecule has 138 valence electrons. The number of hydrogen-bond donors (Lipinski definition) is 0. The van der Waals surface area contributed by atoms with E-state index >= 15 is 0 Å². The average molecular weight is 380 g/mol. The van der Waals surface area contributed by atoms with Crippen LogP contribution < -0.4 is 0 Å². The fourth-order valence-electron chi connectivity index (χ4n) is 4.10. The highest BCUT2D eigenvalue weighted by Crippen LogP contribution is 2.42. The Hall–Kier alpha value is -1.17. The van der Waals surface area contributed by atoms with E-state index in [2.05, 4.69) is 51.6 Å². The molecule has 0 amide bonds. The zero-order chi connectivity index (χ0) is 18.6. The Balaban J connectivity index is 2.32. The molecular formula is C19H30ClN3OSi. The van der Waals surface area contributed by atoms with E-state index in [0.29, 0.717) is 28.4 Å². The minimum absolute atomic E-state index is 0.00268. The average Bonchev–Trinajstić information content (AvgIpc) is 3.06. The van der Waals surface area contributed by atoms with Crippen molar-refractivity contribution in [3.05, 3.63) is 47.5 Å². The van der Waals surface area contributed by atoms with Crippen LogP contribution in [0.25, 0.3) is 0 Å². The fraction of sp³-hybridized carbons (Fsp3) is 0.579. The third kappa shape index (κ3) is 4.33. The summed E-state index contributed by atoms with van der Waals surface area (Å²) in [5, 5.41) is 4.94. The number of rotatable bonds is 8. The highest BCUT2D eigenvalue weighted by Gasteiger charge is 2.45. The predicted octanol–water partition coefficient (Wildman–Crippen LogP) is 5.71. The summed E-state index contributed by atoms with van der Waals surface area (Å²) in [6.45, 7) is 14.4. The SMILES string of the molecule is CC(C)[Si](OCC(c1ccc(Cl)nc1)n1cccn1)(C(C)C)C(C)C. The monoisotopic (exact) mass is 379 g/mol. The van der Waals surface area contributed by atoms with Crippen LogP contribution in [0.15, 0.2) is 36.8 Å². The first-order valence-corrected chi connectivity index (χ1v) is 11.5. The molecule has 1 atom stereocenters. The smallest absolute Gasteiger partial charge is 0.200 e. The van der Waals surface area contributed by atoms with Crippen LogP contribution in [-0.4, -0.2) is 29.7 Å². The van der Waals surface area contributed by atoms with Gasteiger partial charge in [0.05, 0.1) is 6.61 Å². The molecule has 0 aliphatic heterocycles. The highest BCUT2D eigenvalue weighted by molar-refractivity contribution is 6.77. The van der Waals surface area contributed by atoms with Crippen molar-refractivity contribution in [2.45, 2.75) is 64.2 Å². The molecule has 0 aliphatic carbocycles. The summed E-state index contributed by atoms with van der Waals surface area (Å²) in [6, 6.07) is 5.77. The molecule has 0 aliphatic rings. The number of hydrogen-bond acceptors (Lipinski definition) is 3. The van der Waals surface area contributed by atoms with Crippen LogP contribution in [0.2, 0.25) is 21.8 Å². The lowest BCUT2D eigenvalue weighted by molar-refractivity contribution is 0.232. The Morgan fingerprint density at radius 1 is 1.08 bits per heavy atom.